The fourth-order valence-electron chi connectivity index (χ4n) is 0.864. The predicted octanol–water partition coefficient (Wildman–Crippen LogP) is 2.07. The Labute approximate surface area is 77.3 Å². The number of aryl methyl sites for hydroxylation is 1. The van der Waals surface area contributed by atoms with E-state index in [9.17, 15) is 0 Å². The lowest BCUT2D eigenvalue weighted by molar-refractivity contribution is 0.801. The van der Waals surface area contributed by atoms with Gasteiger partial charge in [-0.05, 0) is 19.5 Å². The highest BCUT2D eigenvalue weighted by molar-refractivity contribution is 7.09. The zero-order valence-corrected chi connectivity index (χ0v) is 8.32. The summed E-state index contributed by atoms with van der Waals surface area (Å²) in [5, 5.41) is 6.40. The summed E-state index contributed by atoms with van der Waals surface area (Å²) in [6.45, 7) is 6.06. The second-order valence-electron chi connectivity index (χ2n) is 2.50. The van der Waals surface area contributed by atoms with E-state index in [-0.39, 0.29) is 0 Å². The van der Waals surface area contributed by atoms with Crippen LogP contribution in [0.3, 0.4) is 0 Å². The van der Waals surface area contributed by atoms with Crippen LogP contribution in [0.1, 0.15) is 17.6 Å². The molecule has 0 aliphatic rings. The van der Waals surface area contributed by atoms with E-state index >= 15 is 0 Å². The first-order chi connectivity index (χ1) is 5.83. The van der Waals surface area contributed by atoms with Crippen molar-refractivity contribution in [2.75, 3.05) is 13.1 Å². The molecule has 3 heteroatoms. The fraction of sp³-hybridized carbons (Fsp3) is 0.444. The maximum absolute atomic E-state index is 4.31. The van der Waals surface area contributed by atoms with Crippen LogP contribution < -0.4 is 5.32 Å². The average Bonchev–Trinajstić information content (AvgIpc) is 2.45. The molecule has 0 fully saturated rings. The van der Waals surface area contributed by atoms with Gasteiger partial charge in [0.2, 0.25) is 0 Å². The number of hydrogen-bond donors (Lipinski definition) is 1. The van der Waals surface area contributed by atoms with Gasteiger partial charge >= 0.3 is 0 Å². The fourth-order valence-corrected chi connectivity index (χ4v) is 1.44. The summed E-state index contributed by atoms with van der Waals surface area (Å²) in [7, 11) is 0. The van der Waals surface area contributed by atoms with Crippen molar-refractivity contribution in [2.24, 2.45) is 0 Å². The van der Waals surface area contributed by atoms with Crippen molar-refractivity contribution >= 4 is 17.4 Å². The normalized spacial score (nSPS) is 11.2. The largest absolute Gasteiger partial charge is 0.314 e. The van der Waals surface area contributed by atoms with Crippen LogP contribution in [-0.4, -0.2) is 18.1 Å². The highest BCUT2D eigenvalue weighted by Crippen LogP contribution is 2.08. The lowest BCUT2D eigenvalue weighted by Gasteiger charge is -1.91. The van der Waals surface area contributed by atoms with Gasteiger partial charge in [0, 0.05) is 11.9 Å². The topological polar surface area (TPSA) is 24.9 Å². The van der Waals surface area contributed by atoms with E-state index < -0.39 is 0 Å². The number of nitrogens with one attached hydrogen (secondary N) is 1. The number of thiazole rings is 1. The van der Waals surface area contributed by atoms with Gasteiger partial charge in [-0.3, -0.25) is 0 Å². The number of nitrogens with zero attached hydrogens (tertiary/aromatic N) is 1. The van der Waals surface area contributed by atoms with Crippen LogP contribution in [-0.2, 0) is 0 Å². The zero-order valence-electron chi connectivity index (χ0n) is 7.50. The van der Waals surface area contributed by atoms with E-state index in [0.717, 1.165) is 23.8 Å². The Balaban J connectivity index is 2.36. The van der Waals surface area contributed by atoms with Crippen LogP contribution in [0.5, 0.6) is 0 Å². The number of aromatic nitrogens is 1. The molecule has 0 bridgehead atoms. The smallest absolute Gasteiger partial charge is 0.0901 e. The van der Waals surface area contributed by atoms with Crippen LogP contribution >= 0.6 is 11.3 Å². The zero-order chi connectivity index (χ0) is 8.81. The minimum atomic E-state index is 0.924. The molecule has 0 aliphatic heterocycles. The quantitative estimate of drug-likeness (QED) is 0.721. The number of likely N-dealkylation sites (N-methyl/N-ethyl adjacent to an activating group) is 1. The van der Waals surface area contributed by atoms with Gasteiger partial charge in [-0.25, -0.2) is 4.98 Å². The standard InChI is InChI=1S/C9H14N2S/c1-3-10-6-4-5-9-7-12-8(2)11-9/h4-5,7,10H,3,6H2,1-2H3. The average molecular weight is 182 g/mol. The summed E-state index contributed by atoms with van der Waals surface area (Å²) >= 11 is 1.69. The van der Waals surface area contributed by atoms with Gasteiger partial charge in [0.1, 0.15) is 0 Å². The Kier molecular flexibility index (Phi) is 3.97. The minimum absolute atomic E-state index is 0.924. The third kappa shape index (κ3) is 3.15. The monoisotopic (exact) mass is 182 g/mol. The second-order valence-corrected chi connectivity index (χ2v) is 3.56. The first kappa shape index (κ1) is 9.42. The molecule has 0 aliphatic carbocycles. The van der Waals surface area contributed by atoms with Crippen molar-refractivity contribution in [1.82, 2.24) is 10.3 Å². The lowest BCUT2D eigenvalue weighted by Crippen LogP contribution is -2.11. The molecular weight excluding hydrogens is 168 g/mol. The molecule has 0 saturated carbocycles. The molecule has 2 nitrogen and oxygen atoms in total. The highest BCUT2D eigenvalue weighted by Gasteiger charge is 1.90. The summed E-state index contributed by atoms with van der Waals surface area (Å²) < 4.78 is 0. The van der Waals surface area contributed by atoms with Crippen molar-refractivity contribution in [3.63, 3.8) is 0 Å². The number of rotatable bonds is 4. The van der Waals surface area contributed by atoms with E-state index in [1.54, 1.807) is 11.3 Å². The number of hydrogen-bond acceptors (Lipinski definition) is 3. The third-order valence-electron chi connectivity index (χ3n) is 1.44. The maximum atomic E-state index is 4.31. The summed E-state index contributed by atoms with van der Waals surface area (Å²) in [5.41, 5.74) is 1.07. The molecule has 0 unspecified atom stereocenters. The van der Waals surface area contributed by atoms with Crippen LogP contribution in [0, 0.1) is 6.92 Å². The van der Waals surface area contributed by atoms with Gasteiger partial charge < -0.3 is 5.32 Å². The second kappa shape index (κ2) is 5.06. The Bertz CT molecular complexity index is 253. The summed E-state index contributed by atoms with van der Waals surface area (Å²) in [4.78, 5) is 4.31. The first-order valence-corrected chi connectivity index (χ1v) is 5.00. The summed E-state index contributed by atoms with van der Waals surface area (Å²) in [5.74, 6) is 0. The summed E-state index contributed by atoms with van der Waals surface area (Å²) in [6, 6.07) is 0. The predicted molar refractivity (Wildman–Crippen MR) is 54.4 cm³/mol. The van der Waals surface area contributed by atoms with Crippen molar-refractivity contribution in [3.05, 3.63) is 22.2 Å². The maximum Gasteiger partial charge on any atom is 0.0901 e. The van der Waals surface area contributed by atoms with E-state index in [0.29, 0.717) is 0 Å². The van der Waals surface area contributed by atoms with Gasteiger partial charge in [-0.2, -0.15) is 0 Å². The molecule has 1 aromatic heterocycles. The Morgan fingerprint density at radius 1 is 1.67 bits per heavy atom. The SMILES string of the molecule is CCNCC=Cc1csc(C)n1. The van der Waals surface area contributed by atoms with Gasteiger partial charge in [0.05, 0.1) is 10.7 Å². The molecule has 0 spiro atoms. The van der Waals surface area contributed by atoms with Gasteiger partial charge in [0.25, 0.3) is 0 Å². The van der Waals surface area contributed by atoms with Crippen LogP contribution in [0.4, 0.5) is 0 Å². The van der Waals surface area contributed by atoms with Gasteiger partial charge in [-0.15, -0.1) is 11.3 Å². The van der Waals surface area contributed by atoms with E-state index in [4.69, 9.17) is 0 Å². The van der Waals surface area contributed by atoms with Crippen LogP contribution in [0.25, 0.3) is 6.08 Å². The molecule has 1 N–H and O–H groups in total. The first-order valence-electron chi connectivity index (χ1n) is 4.12. The van der Waals surface area contributed by atoms with Gasteiger partial charge in [0.15, 0.2) is 0 Å². The van der Waals surface area contributed by atoms with E-state index in [1.165, 1.54) is 0 Å². The molecule has 0 atom stereocenters. The van der Waals surface area contributed by atoms with Crippen molar-refractivity contribution < 1.29 is 0 Å². The van der Waals surface area contributed by atoms with E-state index in [2.05, 4.69) is 28.7 Å². The van der Waals surface area contributed by atoms with Crippen LogP contribution in [0.15, 0.2) is 11.5 Å². The molecule has 66 valence electrons. The Morgan fingerprint density at radius 3 is 3.08 bits per heavy atom. The lowest BCUT2D eigenvalue weighted by atomic mass is 10.4. The van der Waals surface area contributed by atoms with Gasteiger partial charge in [-0.1, -0.05) is 13.0 Å². The Hall–Kier alpha value is -0.670. The Morgan fingerprint density at radius 2 is 2.50 bits per heavy atom. The van der Waals surface area contributed by atoms with Crippen molar-refractivity contribution in [3.8, 4) is 0 Å². The molecule has 12 heavy (non-hydrogen) atoms. The van der Waals surface area contributed by atoms with Crippen molar-refractivity contribution in [2.45, 2.75) is 13.8 Å². The summed E-state index contributed by atoms with van der Waals surface area (Å²) in [6.07, 6.45) is 4.14. The molecule has 1 rings (SSSR count). The van der Waals surface area contributed by atoms with Crippen molar-refractivity contribution in [1.29, 1.82) is 0 Å². The molecule has 0 radical (unpaired) electrons. The van der Waals surface area contributed by atoms with Crippen LogP contribution in [0.2, 0.25) is 0 Å². The minimum Gasteiger partial charge on any atom is -0.314 e. The molecule has 1 heterocycles. The highest BCUT2D eigenvalue weighted by atomic mass is 32.1. The molecule has 0 aromatic carbocycles. The molecule has 1 aromatic rings. The third-order valence-corrected chi connectivity index (χ3v) is 2.23. The van der Waals surface area contributed by atoms with E-state index in [1.807, 2.05) is 13.0 Å². The molecule has 0 amide bonds. The molecule has 0 saturated heterocycles. The molecular formula is C9H14N2S.